The van der Waals surface area contributed by atoms with Crippen LogP contribution in [0.15, 0.2) is 18.2 Å². The van der Waals surface area contributed by atoms with Crippen LogP contribution in [0.1, 0.15) is 18.4 Å². The lowest BCUT2D eigenvalue weighted by atomic mass is 10.0. The Kier molecular flexibility index (Phi) is 4.96. The molecule has 2 rings (SSSR count). The van der Waals surface area contributed by atoms with Crippen LogP contribution in [0.2, 0.25) is 5.02 Å². The summed E-state index contributed by atoms with van der Waals surface area (Å²) in [7, 11) is 0. The maximum Gasteiger partial charge on any atom is 0.137 e. The standard InChI is InChI=1S/C13H16Cl2O2/c14-8-11-1-2-13(12(15)7-11)17-9-10-3-5-16-6-4-10/h1-2,7,10H,3-6,8-9H2. The molecule has 1 aromatic rings. The summed E-state index contributed by atoms with van der Waals surface area (Å²) in [5.41, 5.74) is 1.01. The van der Waals surface area contributed by atoms with E-state index >= 15 is 0 Å². The van der Waals surface area contributed by atoms with E-state index in [1.807, 2.05) is 18.2 Å². The fourth-order valence-electron chi connectivity index (χ4n) is 1.87. The van der Waals surface area contributed by atoms with Gasteiger partial charge in [0, 0.05) is 19.1 Å². The van der Waals surface area contributed by atoms with Crippen molar-refractivity contribution in [2.45, 2.75) is 18.7 Å². The highest BCUT2D eigenvalue weighted by molar-refractivity contribution is 6.32. The number of alkyl halides is 1. The Balaban J connectivity index is 1.89. The van der Waals surface area contributed by atoms with E-state index in [9.17, 15) is 0 Å². The summed E-state index contributed by atoms with van der Waals surface area (Å²) >= 11 is 11.9. The summed E-state index contributed by atoms with van der Waals surface area (Å²) < 4.78 is 11.1. The highest BCUT2D eigenvalue weighted by Crippen LogP contribution is 2.27. The smallest absolute Gasteiger partial charge is 0.137 e. The number of rotatable bonds is 4. The molecule has 0 radical (unpaired) electrons. The number of hydrogen-bond acceptors (Lipinski definition) is 2. The molecule has 1 heterocycles. The minimum absolute atomic E-state index is 0.472. The van der Waals surface area contributed by atoms with Gasteiger partial charge in [-0.15, -0.1) is 11.6 Å². The van der Waals surface area contributed by atoms with E-state index in [2.05, 4.69) is 0 Å². The highest BCUT2D eigenvalue weighted by Gasteiger charge is 2.15. The Morgan fingerprint density at radius 2 is 2.06 bits per heavy atom. The van der Waals surface area contributed by atoms with E-state index in [1.165, 1.54) is 0 Å². The summed E-state index contributed by atoms with van der Waals surface area (Å²) in [4.78, 5) is 0. The predicted molar refractivity (Wildman–Crippen MR) is 70.0 cm³/mol. The van der Waals surface area contributed by atoms with Gasteiger partial charge in [-0.2, -0.15) is 0 Å². The number of halogens is 2. The van der Waals surface area contributed by atoms with E-state index in [4.69, 9.17) is 32.7 Å². The third-order valence-electron chi connectivity index (χ3n) is 2.97. The van der Waals surface area contributed by atoms with Crippen LogP contribution in [-0.2, 0) is 10.6 Å². The van der Waals surface area contributed by atoms with Crippen molar-refractivity contribution < 1.29 is 9.47 Å². The molecule has 0 N–H and O–H groups in total. The molecule has 0 saturated carbocycles. The van der Waals surface area contributed by atoms with Crippen molar-refractivity contribution in [3.63, 3.8) is 0 Å². The van der Waals surface area contributed by atoms with Crippen LogP contribution in [-0.4, -0.2) is 19.8 Å². The second kappa shape index (κ2) is 6.48. The molecule has 0 atom stereocenters. The molecule has 4 heteroatoms. The summed E-state index contributed by atoms with van der Waals surface area (Å²) in [6, 6.07) is 5.69. The zero-order valence-electron chi connectivity index (χ0n) is 9.62. The van der Waals surface area contributed by atoms with Crippen molar-refractivity contribution >= 4 is 23.2 Å². The van der Waals surface area contributed by atoms with Gasteiger partial charge in [-0.3, -0.25) is 0 Å². The molecule has 1 saturated heterocycles. The molecule has 0 spiro atoms. The third-order valence-corrected chi connectivity index (χ3v) is 3.57. The summed E-state index contributed by atoms with van der Waals surface area (Å²) in [5, 5.41) is 0.634. The van der Waals surface area contributed by atoms with Gasteiger partial charge in [-0.25, -0.2) is 0 Å². The van der Waals surface area contributed by atoms with E-state index in [0.29, 0.717) is 23.4 Å². The van der Waals surface area contributed by atoms with Gasteiger partial charge in [-0.05, 0) is 36.5 Å². The largest absolute Gasteiger partial charge is 0.492 e. The molecule has 1 aliphatic heterocycles. The first kappa shape index (κ1) is 13.0. The van der Waals surface area contributed by atoms with Crippen LogP contribution in [0.3, 0.4) is 0 Å². The number of ether oxygens (including phenoxy) is 2. The summed E-state index contributed by atoms with van der Waals surface area (Å²) in [5.74, 6) is 1.79. The Labute approximate surface area is 112 Å². The Morgan fingerprint density at radius 1 is 1.29 bits per heavy atom. The van der Waals surface area contributed by atoms with Crippen molar-refractivity contribution in [1.29, 1.82) is 0 Å². The number of benzene rings is 1. The third kappa shape index (κ3) is 3.77. The van der Waals surface area contributed by atoms with E-state index < -0.39 is 0 Å². The van der Waals surface area contributed by atoms with Gasteiger partial charge >= 0.3 is 0 Å². The van der Waals surface area contributed by atoms with Crippen LogP contribution in [0.25, 0.3) is 0 Å². The van der Waals surface area contributed by atoms with Gasteiger partial charge in [0.15, 0.2) is 0 Å². The van der Waals surface area contributed by atoms with E-state index in [-0.39, 0.29) is 0 Å². The summed E-state index contributed by atoms with van der Waals surface area (Å²) in [6.07, 6.45) is 2.13. The molecule has 2 nitrogen and oxygen atoms in total. The lowest BCUT2D eigenvalue weighted by Crippen LogP contribution is -2.21. The molecule has 0 unspecified atom stereocenters. The SMILES string of the molecule is ClCc1ccc(OCC2CCOCC2)c(Cl)c1. The Morgan fingerprint density at radius 3 is 2.71 bits per heavy atom. The first-order chi connectivity index (χ1) is 8.29. The van der Waals surface area contributed by atoms with Crippen molar-refractivity contribution in [3.05, 3.63) is 28.8 Å². The predicted octanol–water partition coefficient (Wildman–Crippen LogP) is 3.88. The van der Waals surface area contributed by atoms with E-state index in [0.717, 1.165) is 37.4 Å². The quantitative estimate of drug-likeness (QED) is 0.776. The van der Waals surface area contributed by atoms with Gasteiger partial charge in [-0.1, -0.05) is 17.7 Å². The normalized spacial score (nSPS) is 17.1. The van der Waals surface area contributed by atoms with E-state index in [1.54, 1.807) is 0 Å². The zero-order chi connectivity index (χ0) is 12.1. The maximum absolute atomic E-state index is 6.12. The minimum atomic E-state index is 0.472. The first-order valence-corrected chi connectivity index (χ1v) is 6.76. The molecule has 0 amide bonds. The molecule has 1 fully saturated rings. The van der Waals surface area contributed by atoms with Gasteiger partial charge in [0.25, 0.3) is 0 Å². The van der Waals surface area contributed by atoms with Crippen LogP contribution in [0.5, 0.6) is 5.75 Å². The summed E-state index contributed by atoms with van der Waals surface area (Å²) in [6.45, 7) is 2.39. The van der Waals surface area contributed by atoms with Gasteiger partial charge in [0.2, 0.25) is 0 Å². The Bertz CT molecular complexity index is 362. The highest BCUT2D eigenvalue weighted by atomic mass is 35.5. The molecule has 17 heavy (non-hydrogen) atoms. The monoisotopic (exact) mass is 274 g/mol. The van der Waals surface area contributed by atoms with Crippen LogP contribution >= 0.6 is 23.2 Å². The molecule has 1 aliphatic rings. The van der Waals surface area contributed by atoms with Crippen molar-refractivity contribution in [2.24, 2.45) is 5.92 Å². The first-order valence-electron chi connectivity index (χ1n) is 5.84. The molecule has 0 aromatic heterocycles. The average molecular weight is 275 g/mol. The van der Waals surface area contributed by atoms with Gasteiger partial charge in [0.05, 0.1) is 11.6 Å². The lowest BCUT2D eigenvalue weighted by molar-refractivity contribution is 0.0498. The fourth-order valence-corrected chi connectivity index (χ4v) is 2.29. The fraction of sp³-hybridized carbons (Fsp3) is 0.538. The maximum atomic E-state index is 6.12. The van der Waals surface area contributed by atoms with Gasteiger partial charge in [0.1, 0.15) is 5.75 Å². The van der Waals surface area contributed by atoms with Crippen LogP contribution in [0, 0.1) is 5.92 Å². The molecule has 0 aliphatic carbocycles. The molecular weight excluding hydrogens is 259 g/mol. The lowest BCUT2D eigenvalue weighted by Gasteiger charge is -2.22. The second-order valence-corrected chi connectivity index (χ2v) is 4.94. The minimum Gasteiger partial charge on any atom is -0.492 e. The van der Waals surface area contributed by atoms with Crippen LogP contribution < -0.4 is 4.74 Å². The van der Waals surface area contributed by atoms with Crippen LogP contribution in [0.4, 0.5) is 0 Å². The molecule has 1 aromatic carbocycles. The molecular formula is C13H16Cl2O2. The van der Waals surface area contributed by atoms with Crippen molar-refractivity contribution in [2.75, 3.05) is 19.8 Å². The average Bonchev–Trinajstić information content (AvgIpc) is 2.38. The second-order valence-electron chi connectivity index (χ2n) is 4.27. The molecule has 94 valence electrons. The zero-order valence-corrected chi connectivity index (χ0v) is 11.1. The van der Waals surface area contributed by atoms with Gasteiger partial charge < -0.3 is 9.47 Å². The topological polar surface area (TPSA) is 18.5 Å². The van der Waals surface area contributed by atoms with Crippen molar-refractivity contribution in [3.8, 4) is 5.75 Å². The Hall–Kier alpha value is -0.440. The molecule has 0 bridgehead atoms. The van der Waals surface area contributed by atoms with Crippen molar-refractivity contribution in [1.82, 2.24) is 0 Å². The number of hydrogen-bond donors (Lipinski definition) is 0.